The van der Waals surface area contributed by atoms with Crippen LogP contribution >= 0.6 is 11.8 Å². The molecule has 0 aliphatic carbocycles. The Hall–Kier alpha value is -1.11. The Labute approximate surface area is 111 Å². The van der Waals surface area contributed by atoms with E-state index in [4.69, 9.17) is 10.8 Å². The maximum atomic E-state index is 9.00. The molecule has 0 spiro atoms. The van der Waals surface area contributed by atoms with Crippen molar-refractivity contribution in [2.45, 2.75) is 26.8 Å². The molecule has 4 N–H and O–H groups in total. The minimum atomic E-state index is 0.215. The van der Waals surface area contributed by atoms with Gasteiger partial charge in [-0.3, -0.25) is 4.90 Å². The van der Waals surface area contributed by atoms with Gasteiger partial charge < -0.3 is 10.8 Å². The summed E-state index contributed by atoms with van der Waals surface area (Å²) in [4.78, 5) is 11.2. The number of aliphatic hydroxyl groups excluding tert-OH is 1. The fourth-order valence-corrected chi connectivity index (χ4v) is 3.36. The number of quaternary nitrogens is 1. The highest BCUT2D eigenvalue weighted by Crippen LogP contribution is 2.23. The smallest absolute Gasteiger partial charge is 0.133 e. The Balaban J connectivity index is 2.10. The number of nitrogens with one attached hydrogen (secondary N) is 1. The van der Waals surface area contributed by atoms with E-state index in [1.807, 2.05) is 24.8 Å². The molecule has 1 aliphatic rings. The van der Waals surface area contributed by atoms with Gasteiger partial charge in [0.25, 0.3) is 0 Å². The lowest BCUT2D eigenvalue weighted by Crippen LogP contribution is -3.06. The van der Waals surface area contributed by atoms with Crippen molar-refractivity contribution in [2.24, 2.45) is 0 Å². The summed E-state index contributed by atoms with van der Waals surface area (Å²) in [5.74, 6) is 2.24. The van der Waals surface area contributed by atoms with Crippen molar-refractivity contribution in [3.05, 3.63) is 28.2 Å². The van der Waals surface area contributed by atoms with Crippen LogP contribution in [0.1, 0.15) is 24.9 Å². The van der Waals surface area contributed by atoms with E-state index < -0.39 is 0 Å². The highest BCUT2D eigenvalue weighted by atomic mass is 32.2. The van der Waals surface area contributed by atoms with Crippen LogP contribution in [-0.2, 0) is 6.54 Å². The lowest BCUT2D eigenvalue weighted by Gasteiger charge is -2.13. The summed E-state index contributed by atoms with van der Waals surface area (Å²) in [6.07, 6.45) is 0.755. The molecular formula is C12H19N4OS+. The molecule has 2 heterocycles. The first-order chi connectivity index (χ1) is 8.60. The van der Waals surface area contributed by atoms with Crippen molar-refractivity contribution in [3.63, 3.8) is 0 Å². The monoisotopic (exact) mass is 267 g/mol. The summed E-state index contributed by atoms with van der Waals surface area (Å²) >= 11 is 1.82. The molecule has 1 aliphatic heterocycles. The molecular weight excluding hydrogens is 248 g/mol. The van der Waals surface area contributed by atoms with Gasteiger partial charge in [0.05, 0.1) is 0 Å². The molecule has 0 saturated carbocycles. The third kappa shape index (κ3) is 3.01. The summed E-state index contributed by atoms with van der Waals surface area (Å²) in [6, 6.07) is 1.84. The number of aryl methyl sites for hydroxylation is 1. The fourth-order valence-electron chi connectivity index (χ4n) is 2.10. The molecule has 0 radical (unpaired) electrons. The van der Waals surface area contributed by atoms with Crippen LogP contribution in [0.25, 0.3) is 0 Å². The van der Waals surface area contributed by atoms with Crippen molar-refractivity contribution in [1.82, 2.24) is 9.97 Å². The van der Waals surface area contributed by atoms with Crippen LogP contribution in [0.15, 0.2) is 16.7 Å². The minimum absolute atomic E-state index is 0.215. The molecule has 0 saturated heterocycles. The van der Waals surface area contributed by atoms with Crippen molar-refractivity contribution in [2.75, 3.05) is 18.2 Å². The average Bonchev–Trinajstić information content (AvgIpc) is 2.61. The predicted octanol–water partition coefficient (Wildman–Crippen LogP) is 0.0703. The second-order valence-electron chi connectivity index (χ2n) is 4.42. The van der Waals surface area contributed by atoms with E-state index in [0.717, 1.165) is 24.5 Å². The lowest BCUT2D eigenvalue weighted by molar-refractivity contribution is -0.859. The van der Waals surface area contributed by atoms with Gasteiger partial charge in [-0.25, -0.2) is 9.97 Å². The quantitative estimate of drug-likeness (QED) is 0.720. The van der Waals surface area contributed by atoms with Crippen molar-refractivity contribution < 1.29 is 10.0 Å². The number of hydrogen-bond donors (Lipinski definition) is 3. The van der Waals surface area contributed by atoms with Gasteiger partial charge >= 0.3 is 0 Å². The van der Waals surface area contributed by atoms with E-state index in [2.05, 4.69) is 16.9 Å². The molecule has 6 heteroatoms. The Morgan fingerprint density at radius 3 is 2.89 bits per heavy atom. The van der Waals surface area contributed by atoms with E-state index >= 15 is 0 Å². The zero-order valence-corrected chi connectivity index (χ0v) is 11.5. The molecule has 18 heavy (non-hydrogen) atoms. The van der Waals surface area contributed by atoms with Crippen LogP contribution in [0, 0.1) is 6.92 Å². The zero-order valence-electron chi connectivity index (χ0n) is 10.7. The highest BCUT2D eigenvalue weighted by Gasteiger charge is 2.25. The zero-order chi connectivity index (χ0) is 13.1. The van der Waals surface area contributed by atoms with E-state index in [0.29, 0.717) is 11.6 Å². The van der Waals surface area contributed by atoms with Crippen LogP contribution in [0.5, 0.6) is 0 Å². The number of aliphatic hydroxyl groups is 1. The molecule has 1 unspecified atom stereocenters. The minimum Gasteiger partial charge on any atom is -0.396 e. The second-order valence-corrected chi connectivity index (χ2v) is 5.49. The molecule has 1 atom stereocenters. The first-order valence-corrected chi connectivity index (χ1v) is 6.97. The van der Waals surface area contributed by atoms with Gasteiger partial charge in [-0.15, -0.1) is 0 Å². The predicted molar refractivity (Wildman–Crippen MR) is 72.7 cm³/mol. The van der Waals surface area contributed by atoms with E-state index in [9.17, 15) is 0 Å². The van der Waals surface area contributed by atoms with Gasteiger partial charge in [-0.2, -0.15) is 0 Å². The first-order valence-electron chi connectivity index (χ1n) is 5.98. The summed E-state index contributed by atoms with van der Waals surface area (Å²) in [5, 5.41) is 9.00. The van der Waals surface area contributed by atoms with Crippen LogP contribution < -0.4 is 10.6 Å². The molecule has 1 aromatic rings. The summed E-state index contributed by atoms with van der Waals surface area (Å²) in [6.45, 7) is 5.01. The number of nitrogens with two attached hydrogens (primary N) is 1. The lowest BCUT2D eigenvalue weighted by atomic mass is 10.3. The largest absolute Gasteiger partial charge is 0.396 e. The number of anilines is 1. The maximum Gasteiger partial charge on any atom is 0.133 e. The number of thioether (sulfide) groups is 1. The number of allylic oxidation sites excluding steroid dienone is 1. The Bertz CT molecular complexity index is 455. The molecule has 5 nitrogen and oxygen atoms in total. The molecule has 0 bridgehead atoms. The second kappa shape index (κ2) is 5.69. The Kier molecular flexibility index (Phi) is 4.21. The summed E-state index contributed by atoms with van der Waals surface area (Å²) < 4.78 is 0. The molecule has 2 rings (SSSR count). The fraction of sp³-hybridized carbons (Fsp3) is 0.500. The number of hydrogen-bond acceptors (Lipinski definition) is 5. The normalized spacial score (nSPS) is 19.6. The Morgan fingerprint density at radius 2 is 2.22 bits per heavy atom. The van der Waals surface area contributed by atoms with Gasteiger partial charge in [-0.05, 0) is 6.92 Å². The average molecular weight is 267 g/mol. The van der Waals surface area contributed by atoms with Crippen molar-refractivity contribution in [1.29, 1.82) is 0 Å². The third-order valence-electron chi connectivity index (χ3n) is 3.01. The highest BCUT2D eigenvalue weighted by molar-refractivity contribution is 8.03. The Morgan fingerprint density at radius 1 is 1.44 bits per heavy atom. The van der Waals surface area contributed by atoms with Gasteiger partial charge in [0.2, 0.25) is 0 Å². The number of nitrogens with zero attached hydrogens (tertiary/aromatic N) is 2. The van der Waals surface area contributed by atoms with E-state index in [-0.39, 0.29) is 6.61 Å². The van der Waals surface area contributed by atoms with Gasteiger partial charge in [0.1, 0.15) is 35.5 Å². The number of rotatable bonds is 4. The third-order valence-corrected chi connectivity index (χ3v) is 4.36. The molecule has 1 aromatic heterocycles. The van der Waals surface area contributed by atoms with Gasteiger partial charge in [0.15, 0.2) is 0 Å². The van der Waals surface area contributed by atoms with Crippen LogP contribution in [0.4, 0.5) is 5.82 Å². The van der Waals surface area contributed by atoms with Crippen LogP contribution in [0.2, 0.25) is 0 Å². The number of aromatic nitrogens is 2. The molecule has 98 valence electrons. The first kappa shape index (κ1) is 13.3. The molecule has 0 aromatic carbocycles. The maximum absolute atomic E-state index is 9.00. The molecule has 0 amide bonds. The number of nitrogen functional groups attached to an aromatic ring is 1. The standard InChI is InChI=1S/C12H18N4OS/c1-8-11(3-4-17)18-7-16(8)6-10-5-12(13)15-9(2)14-10/h5,17H,3-4,6-7H2,1-2H3,(H2,13,14,15)/p+1. The topological polar surface area (TPSA) is 76.5 Å². The van der Waals surface area contributed by atoms with Crippen molar-refractivity contribution >= 4 is 17.6 Å². The van der Waals surface area contributed by atoms with Gasteiger partial charge in [0, 0.05) is 30.9 Å². The van der Waals surface area contributed by atoms with Crippen LogP contribution in [0.3, 0.4) is 0 Å². The van der Waals surface area contributed by atoms with Crippen molar-refractivity contribution in [3.8, 4) is 0 Å². The summed E-state index contributed by atoms with van der Waals surface area (Å²) in [5.41, 5.74) is 8.01. The van der Waals surface area contributed by atoms with E-state index in [1.54, 1.807) is 0 Å². The van der Waals surface area contributed by atoms with Crippen LogP contribution in [-0.4, -0.2) is 27.6 Å². The SMILES string of the molecule is CC1=C(CCO)SC[NH+]1Cc1cc(N)nc(C)n1. The summed E-state index contributed by atoms with van der Waals surface area (Å²) in [7, 11) is 0. The molecule has 0 fully saturated rings. The van der Waals surface area contributed by atoms with Gasteiger partial charge in [-0.1, -0.05) is 11.8 Å². The van der Waals surface area contributed by atoms with E-state index in [1.165, 1.54) is 15.5 Å².